The van der Waals surface area contributed by atoms with E-state index in [0.29, 0.717) is 12.0 Å². The average molecular weight is 235 g/mol. The van der Waals surface area contributed by atoms with E-state index in [1.54, 1.807) is 19.1 Å². The van der Waals surface area contributed by atoms with Gasteiger partial charge in [0.15, 0.2) is 0 Å². The van der Waals surface area contributed by atoms with Crippen LogP contribution in [0.5, 0.6) is 0 Å². The maximum absolute atomic E-state index is 11.8. The number of nitrogens with one attached hydrogen (secondary N) is 1. The molecule has 1 amide bonds. The van der Waals surface area contributed by atoms with Crippen molar-refractivity contribution in [2.45, 2.75) is 20.3 Å². The number of amides is 1. The average Bonchev–Trinajstić information content (AvgIpc) is 2.29. The maximum Gasteiger partial charge on any atom is 0.308 e. The molecule has 0 aliphatic heterocycles. The van der Waals surface area contributed by atoms with E-state index in [-0.39, 0.29) is 12.5 Å². The lowest BCUT2D eigenvalue weighted by Gasteiger charge is -2.12. The second-order valence-electron chi connectivity index (χ2n) is 3.97. The van der Waals surface area contributed by atoms with Crippen LogP contribution in [0.15, 0.2) is 24.3 Å². The molecule has 1 aromatic rings. The highest BCUT2D eigenvalue weighted by Crippen LogP contribution is 2.07. The van der Waals surface area contributed by atoms with Crippen molar-refractivity contribution in [3.05, 3.63) is 35.4 Å². The lowest BCUT2D eigenvalue weighted by Crippen LogP contribution is -2.32. The van der Waals surface area contributed by atoms with Crippen LogP contribution in [0.3, 0.4) is 0 Å². The van der Waals surface area contributed by atoms with Crippen molar-refractivity contribution in [1.82, 2.24) is 5.32 Å². The van der Waals surface area contributed by atoms with Crippen molar-refractivity contribution >= 4 is 11.9 Å². The Hall–Kier alpha value is -1.84. The van der Waals surface area contributed by atoms with Crippen LogP contribution in [0.1, 0.15) is 29.3 Å². The molecule has 4 nitrogen and oxygen atoms in total. The van der Waals surface area contributed by atoms with E-state index in [4.69, 9.17) is 5.11 Å². The first-order valence-electron chi connectivity index (χ1n) is 5.63. The molecule has 0 heterocycles. The molecule has 0 bridgehead atoms. The number of hydrogen-bond donors (Lipinski definition) is 2. The molecule has 4 heteroatoms. The molecule has 0 fully saturated rings. The largest absolute Gasteiger partial charge is 0.481 e. The second kappa shape index (κ2) is 6.03. The Morgan fingerprint density at radius 1 is 1.35 bits per heavy atom. The molecule has 2 N–H and O–H groups in total. The van der Waals surface area contributed by atoms with Crippen molar-refractivity contribution in [1.29, 1.82) is 0 Å². The number of aryl methyl sites for hydroxylation is 1. The Morgan fingerprint density at radius 3 is 2.53 bits per heavy atom. The number of carboxylic acids is 1. The molecular formula is C13H17NO3. The van der Waals surface area contributed by atoms with E-state index >= 15 is 0 Å². The summed E-state index contributed by atoms with van der Waals surface area (Å²) in [5.74, 6) is -1.62. The summed E-state index contributed by atoms with van der Waals surface area (Å²) in [5, 5.41) is 11.5. The van der Waals surface area contributed by atoms with Gasteiger partial charge in [0, 0.05) is 12.1 Å². The van der Waals surface area contributed by atoms with Crippen molar-refractivity contribution < 1.29 is 14.7 Å². The van der Waals surface area contributed by atoms with Gasteiger partial charge < -0.3 is 10.4 Å². The van der Waals surface area contributed by atoms with Gasteiger partial charge in [0.05, 0.1) is 5.92 Å². The highest BCUT2D eigenvalue weighted by Gasteiger charge is 2.16. The number of benzene rings is 1. The van der Waals surface area contributed by atoms with Crippen LogP contribution < -0.4 is 5.32 Å². The second-order valence-corrected chi connectivity index (χ2v) is 3.97. The Morgan fingerprint density at radius 2 is 2.00 bits per heavy atom. The molecule has 0 spiro atoms. The standard InChI is InChI=1S/C13H17NO3/c1-3-10(13(16)17)8-14-12(15)11-7-5-4-6-9(11)2/h4-7,10H,3,8H2,1-2H3,(H,14,15)(H,16,17). The SMILES string of the molecule is CCC(CNC(=O)c1ccccc1C)C(=O)O. The molecule has 0 saturated heterocycles. The van der Waals surface area contributed by atoms with Gasteiger partial charge in [-0.05, 0) is 25.0 Å². The van der Waals surface area contributed by atoms with E-state index in [2.05, 4.69) is 5.32 Å². The Kier molecular flexibility index (Phi) is 4.69. The van der Waals surface area contributed by atoms with E-state index in [1.807, 2.05) is 19.1 Å². The summed E-state index contributed by atoms with van der Waals surface area (Å²) in [6.45, 7) is 3.81. The van der Waals surface area contributed by atoms with Crippen LogP contribution >= 0.6 is 0 Å². The third kappa shape index (κ3) is 3.59. The highest BCUT2D eigenvalue weighted by molar-refractivity contribution is 5.95. The zero-order valence-corrected chi connectivity index (χ0v) is 10.1. The van der Waals surface area contributed by atoms with Crippen LogP contribution in [0.25, 0.3) is 0 Å². The molecule has 1 atom stereocenters. The molecule has 0 aliphatic carbocycles. The van der Waals surface area contributed by atoms with Crippen molar-refractivity contribution in [2.24, 2.45) is 5.92 Å². The number of carboxylic acid groups (broad SMARTS) is 1. The lowest BCUT2D eigenvalue weighted by molar-refractivity contribution is -0.141. The van der Waals surface area contributed by atoms with Gasteiger partial charge in [-0.25, -0.2) is 0 Å². The Labute approximate surface area is 101 Å². The summed E-state index contributed by atoms with van der Waals surface area (Å²) in [7, 11) is 0. The summed E-state index contributed by atoms with van der Waals surface area (Å²) in [6, 6.07) is 7.23. The van der Waals surface area contributed by atoms with Crippen LogP contribution in [0.4, 0.5) is 0 Å². The smallest absolute Gasteiger partial charge is 0.308 e. The zero-order chi connectivity index (χ0) is 12.8. The minimum Gasteiger partial charge on any atom is -0.481 e. The summed E-state index contributed by atoms with van der Waals surface area (Å²) in [5.41, 5.74) is 1.47. The topological polar surface area (TPSA) is 66.4 Å². The summed E-state index contributed by atoms with van der Waals surface area (Å²) in [4.78, 5) is 22.6. The quantitative estimate of drug-likeness (QED) is 0.818. The van der Waals surface area contributed by atoms with Gasteiger partial charge in [-0.1, -0.05) is 25.1 Å². The molecule has 0 aromatic heterocycles. The highest BCUT2D eigenvalue weighted by atomic mass is 16.4. The summed E-state index contributed by atoms with van der Waals surface area (Å²) < 4.78 is 0. The van der Waals surface area contributed by atoms with Gasteiger partial charge in [-0.15, -0.1) is 0 Å². The van der Waals surface area contributed by atoms with Gasteiger partial charge in [0.1, 0.15) is 0 Å². The van der Waals surface area contributed by atoms with E-state index in [0.717, 1.165) is 5.56 Å². The number of carbonyl (C=O) groups is 2. The van der Waals surface area contributed by atoms with Gasteiger partial charge in [0.2, 0.25) is 0 Å². The molecule has 0 aliphatic rings. The van der Waals surface area contributed by atoms with Crippen molar-refractivity contribution in [3.63, 3.8) is 0 Å². The summed E-state index contributed by atoms with van der Waals surface area (Å²) in [6.07, 6.45) is 0.503. The Bertz CT molecular complexity index is 415. The fourth-order valence-corrected chi connectivity index (χ4v) is 1.55. The zero-order valence-electron chi connectivity index (χ0n) is 10.1. The molecule has 0 saturated carbocycles. The fraction of sp³-hybridized carbons (Fsp3) is 0.385. The molecule has 92 valence electrons. The minimum absolute atomic E-state index is 0.166. The minimum atomic E-state index is -0.877. The number of carbonyl (C=O) groups excluding carboxylic acids is 1. The van der Waals surface area contributed by atoms with Gasteiger partial charge in [-0.3, -0.25) is 9.59 Å². The van der Waals surface area contributed by atoms with Crippen LogP contribution in [0, 0.1) is 12.8 Å². The third-order valence-electron chi connectivity index (χ3n) is 2.74. The van der Waals surface area contributed by atoms with E-state index in [9.17, 15) is 9.59 Å². The number of hydrogen-bond acceptors (Lipinski definition) is 2. The monoisotopic (exact) mass is 235 g/mol. The predicted octanol–water partition coefficient (Wildman–Crippen LogP) is 1.84. The van der Waals surface area contributed by atoms with Gasteiger partial charge in [0.25, 0.3) is 5.91 Å². The van der Waals surface area contributed by atoms with E-state index < -0.39 is 11.9 Å². The molecule has 0 radical (unpaired) electrons. The molecule has 17 heavy (non-hydrogen) atoms. The van der Waals surface area contributed by atoms with Crippen LogP contribution in [-0.2, 0) is 4.79 Å². The van der Waals surface area contributed by atoms with Crippen LogP contribution in [-0.4, -0.2) is 23.5 Å². The first-order valence-corrected chi connectivity index (χ1v) is 5.63. The number of aliphatic carboxylic acids is 1. The predicted molar refractivity (Wildman–Crippen MR) is 64.9 cm³/mol. The van der Waals surface area contributed by atoms with Gasteiger partial charge >= 0.3 is 5.97 Å². The third-order valence-corrected chi connectivity index (χ3v) is 2.74. The van der Waals surface area contributed by atoms with E-state index in [1.165, 1.54) is 0 Å². The normalized spacial score (nSPS) is 11.9. The molecule has 1 rings (SSSR count). The maximum atomic E-state index is 11.8. The summed E-state index contributed by atoms with van der Waals surface area (Å²) >= 11 is 0. The fourth-order valence-electron chi connectivity index (χ4n) is 1.55. The van der Waals surface area contributed by atoms with Crippen molar-refractivity contribution in [3.8, 4) is 0 Å². The number of rotatable bonds is 5. The first kappa shape index (κ1) is 13.2. The molecular weight excluding hydrogens is 218 g/mol. The lowest BCUT2D eigenvalue weighted by atomic mass is 10.1. The van der Waals surface area contributed by atoms with Crippen molar-refractivity contribution in [2.75, 3.05) is 6.54 Å². The Balaban J connectivity index is 2.62. The molecule has 1 unspecified atom stereocenters. The molecule has 1 aromatic carbocycles. The van der Waals surface area contributed by atoms with Gasteiger partial charge in [-0.2, -0.15) is 0 Å². The van der Waals surface area contributed by atoms with Crippen LogP contribution in [0.2, 0.25) is 0 Å². The first-order chi connectivity index (χ1) is 8.06.